The van der Waals surface area contributed by atoms with Gasteiger partial charge in [-0.05, 0) is 48.6 Å². The Bertz CT molecular complexity index is 900. The summed E-state index contributed by atoms with van der Waals surface area (Å²) in [6.07, 6.45) is 5.23. The van der Waals surface area contributed by atoms with Gasteiger partial charge in [0.15, 0.2) is 5.78 Å². The van der Waals surface area contributed by atoms with Gasteiger partial charge in [0.2, 0.25) is 15.9 Å². The van der Waals surface area contributed by atoms with E-state index in [2.05, 4.69) is 10.0 Å². The summed E-state index contributed by atoms with van der Waals surface area (Å²) in [4.78, 5) is 24.8. The van der Waals surface area contributed by atoms with Crippen molar-refractivity contribution < 1.29 is 18.0 Å². The second kappa shape index (κ2) is 9.45. The zero-order valence-corrected chi connectivity index (χ0v) is 17.2. The van der Waals surface area contributed by atoms with Crippen LogP contribution in [0.4, 0.5) is 5.69 Å². The lowest BCUT2D eigenvalue weighted by atomic mass is 9.96. The molecule has 150 valence electrons. The molecular formula is C20H24N2O4S2. The Morgan fingerprint density at radius 1 is 1.00 bits per heavy atom. The highest BCUT2D eigenvalue weighted by Crippen LogP contribution is 2.21. The predicted octanol–water partition coefficient (Wildman–Crippen LogP) is 3.96. The summed E-state index contributed by atoms with van der Waals surface area (Å²) in [6, 6.07) is 9.64. The van der Waals surface area contributed by atoms with Gasteiger partial charge in [0.1, 0.15) is 0 Å². The van der Waals surface area contributed by atoms with Crippen LogP contribution in [0.3, 0.4) is 0 Å². The van der Waals surface area contributed by atoms with Crippen LogP contribution in [0.2, 0.25) is 0 Å². The molecule has 0 aliphatic heterocycles. The Labute approximate surface area is 169 Å². The number of benzene rings is 1. The van der Waals surface area contributed by atoms with E-state index in [1.54, 1.807) is 24.3 Å². The zero-order valence-electron chi connectivity index (χ0n) is 15.5. The lowest BCUT2D eigenvalue weighted by Gasteiger charge is -2.22. The standard InChI is InChI=1S/C20H24N2O4S2/c23-18(19-7-4-14-27-19)12-13-20(24)21-15-8-10-17(11-9-15)28(25,26)22-16-5-2-1-3-6-16/h4,7-11,14,16,22H,1-3,5-6,12-13H2,(H,21,24). The number of rotatable bonds is 8. The molecule has 6 nitrogen and oxygen atoms in total. The first kappa shape index (κ1) is 20.7. The number of carbonyl (C=O) groups excluding carboxylic acids is 2. The van der Waals surface area contributed by atoms with Crippen molar-refractivity contribution in [3.63, 3.8) is 0 Å². The fourth-order valence-electron chi connectivity index (χ4n) is 3.24. The minimum atomic E-state index is -3.56. The number of sulfonamides is 1. The first-order valence-corrected chi connectivity index (χ1v) is 11.8. The molecule has 0 unspecified atom stereocenters. The van der Waals surface area contributed by atoms with Gasteiger partial charge in [-0.2, -0.15) is 0 Å². The molecule has 1 fully saturated rings. The van der Waals surface area contributed by atoms with Crippen molar-refractivity contribution >= 4 is 38.7 Å². The minimum absolute atomic E-state index is 0.000915. The first-order chi connectivity index (χ1) is 13.4. The van der Waals surface area contributed by atoms with Crippen LogP contribution in [0.5, 0.6) is 0 Å². The summed E-state index contributed by atoms with van der Waals surface area (Å²) in [5, 5.41) is 4.53. The molecule has 0 spiro atoms. The monoisotopic (exact) mass is 420 g/mol. The van der Waals surface area contributed by atoms with Gasteiger partial charge in [0.25, 0.3) is 0 Å². The van der Waals surface area contributed by atoms with Gasteiger partial charge >= 0.3 is 0 Å². The fraction of sp³-hybridized carbons (Fsp3) is 0.400. The molecule has 1 amide bonds. The third-order valence-electron chi connectivity index (χ3n) is 4.75. The summed E-state index contributed by atoms with van der Waals surface area (Å²) in [6.45, 7) is 0. The maximum atomic E-state index is 12.5. The van der Waals surface area contributed by atoms with Crippen LogP contribution >= 0.6 is 11.3 Å². The van der Waals surface area contributed by atoms with Gasteiger partial charge in [-0.1, -0.05) is 25.3 Å². The normalized spacial score (nSPS) is 15.3. The van der Waals surface area contributed by atoms with E-state index in [0.717, 1.165) is 32.1 Å². The highest BCUT2D eigenvalue weighted by molar-refractivity contribution is 7.89. The Kier molecular flexibility index (Phi) is 6.98. The number of thiophene rings is 1. The third-order valence-corrected chi connectivity index (χ3v) is 7.20. The summed E-state index contributed by atoms with van der Waals surface area (Å²) in [5.41, 5.74) is 0.505. The molecule has 0 atom stereocenters. The van der Waals surface area contributed by atoms with Crippen LogP contribution in [0, 0.1) is 0 Å². The Morgan fingerprint density at radius 2 is 1.71 bits per heavy atom. The molecule has 28 heavy (non-hydrogen) atoms. The molecule has 0 radical (unpaired) electrons. The van der Waals surface area contributed by atoms with E-state index >= 15 is 0 Å². The Hall–Kier alpha value is -2.03. The smallest absolute Gasteiger partial charge is 0.240 e. The molecule has 8 heteroatoms. The molecule has 1 aromatic heterocycles. The predicted molar refractivity (Wildman–Crippen MR) is 110 cm³/mol. The summed E-state index contributed by atoms with van der Waals surface area (Å²) < 4.78 is 27.7. The SMILES string of the molecule is O=C(CCC(=O)c1cccs1)Nc1ccc(S(=O)(=O)NC2CCCCC2)cc1. The van der Waals surface area contributed by atoms with Gasteiger partial charge < -0.3 is 5.32 Å². The van der Waals surface area contributed by atoms with E-state index < -0.39 is 10.0 Å². The van der Waals surface area contributed by atoms with Crippen molar-refractivity contribution in [3.8, 4) is 0 Å². The number of carbonyl (C=O) groups is 2. The van der Waals surface area contributed by atoms with Gasteiger partial charge in [-0.15, -0.1) is 11.3 Å². The van der Waals surface area contributed by atoms with Crippen molar-refractivity contribution in [2.75, 3.05) is 5.32 Å². The number of hydrogen-bond donors (Lipinski definition) is 2. The molecule has 1 aliphatic carbocycles. The zero-order chi connectivity index (χ0) is 20.0. The number of ketones is 1. The second-order valence-electron chi connectivity index (χ2n) is 6.93. The molecule has 2 N–H and O–H groups in total. The largest absolute Gasteiger partial charge is 0.326 e. The molecule has 0 bridgehead atoms. The van der Waals surface area contributed by atoms with Crippen LogP contribution < -0.4 is 10.0 Å². The summed E-state index contributed by atoms with van der Waals surface area (Å²) >= 11 is 1.36. The number of hydrogen-bond acceptors (Lipinski definition) is 5. The second-order valence-corrected chi connectivity index (χ2v) is 9.59. The van der Waals surface area contributed by atoms with E-state index in [9.17, 15) is 18.0 Å². The molecule has 1 heterocycles. The molecule has 2 aromatic rings. The fourth-order valence-corrected chi connectivity index (χ4v) is 5.24. The first-order valence-electron chi connectivity index (χ1n) is 9.43. The lowest BCUT2D eigenvalue weighted by Crippen LogP contribution is -2.36. The highest BCUT2D eigenvalue weighted by atomic mass is 32.2. The number of anilines is 1. The van der Waals surface area contributed by atoms with Crippen molar-refractivity contribution in [1.29, 1.82) is 0 Å². The molecule has 1 aliphatic rings. The number of amides is 1. The number of nitrogens with one attached hydrogen (secondary N) is 2. The summed E-state index contributed by atoms with van der Waals surface area (Å²) in [7, 11) is -3.56. The summed E-state index contributed by atoms with van der Waals surface area (Å²) in [5.74, 6) is -0.332. The van der Waals surface area contributed by atoms with Crippen LogP contribution in [-0.2, 0) is 14.8 Å². The lowest BCUT2D eigenvalue weighted by molar-refractivity contribution is -0.116. The molecule has 1 saturated carbocycles. The molecule has 0 saturated heterocycles. The van der Waals surface area contributed by atoms with Gasteiger partial charge in [0.05, 0.1) is 9.77 Å². The van der Waals surface area contributed by atoms with E-state index in [0.29, 0.717) is 10.6 Å². The Morgan fingerprint density at radius 3 is 2.36 bits per heavy atom. The Balaban J connectivity index is 1.52. The maximum absolute atomic E-state index is 12.5. The van der Waals surface area contributed by atoms with Crippen LogP contribution in [0.15, 0.2) is 46.7 Å². The quantitative estimate of drug-likeness (QED) is 0.632. The third kappa shape index (κ3) is 5.73. The minimum Gasteiger partial charge on any atom is -0.326 e. The van der Waals surface area contributed by atoms with Crippen LogP contribution in [-0.4, -0.2) is 26.2 Å². The van der Waals surface area contributed by atoms with Crippen LogP contribution in [0.25, 0.3) is 0 Å². The van der Waals surface area contributed by atoms with Crippen molar-refractivity contribution in [2.45, 2.75) is 55.9 Å². The maximum Gasteiger partial charge on any atom is 0.240 e. The van der Waals surface area contributed by atoms with Crippen LogP contribution in [0.1, 0.15) is 54.6 Å². The van der Waals surface area contributed by atoms with Crippen molar-refractivity contribution in [1.82, 2.24) is 4.72 Å². The highest BCUT2D eigenvalue weighted by Gasteiger charge is 2.21. The van der Waals surface area contributed by atoms with E-state index in [1.807, 2.05) is 5.38 Å². The van der Waals surface area contributed by atoms with Crippen molar-refractivity contribution in [3.05, 3.63) is 46.7 Å². The molecular weight excluding hydrogens is 396 g/mol. The van der Waals surface area contributed by atoms with Gasteiger partial charge in [0, 0.05) is 24.6 Å². The van der Waals surface area contributed by atoms with Gasteiger partial charge in [-0.3, -0.25) is 9.59 Å². The number of Topliss-reactive ketones (excluding diaryl/α,β-unsaturated/α-hetero) is 1. The van der Waals surface area contributed by atoms with Crippen molar-refractivity contribution in [2.24, 2.45) is 0 Å². The topological polar surface area (TPSA) is 92.3 Å². The van der Waals surface area contributed by atoms with E-state index in [-0.39, 0.29) is 35.5 Å². The van der Waals surface area contributed by atoms with E-state index in [1.165, 1.54) is 23.5 Å². The molecule has 3 rings (SSSR count). The average molecular weight is 421 g/mol. The van der Waals surface area contributed by atoms with Gasteiger partial charge in [-0.25, -0.2) is 13.1 Å². The average Bonchev–Trinajstić information content (AvgIpc) is 3.22. The molecule has 1 aromatic carbocycles. The van der Waals surface area contributed by atoms with E-state index in [4.69, 9.17) is 0 Å².